The Morgan fingerprint density at radius 1 is 1.29 bits per heavy atom. The molecule has 0 bridgehead atoms. The maximum atomic E-state index is 5.99. The van der Waals surface area contributed by atoms with Crippen molar-refractivity contribution in [1.29, 1.82) is 0 Å². The fourth-order valence-electron chi connectivity index (χ4n) is 2.84. The van der Waals surface area contributed by atoms with Gasteiger partial charge in [-0.25, -0.2) is 0 Å². The van der Waals surface area contributed by atoms with E-state index in [9.17, 15) is 0 Å². The average Bonchev–Trinajstić information content (AvgIpc) is 3.00. The molecule has 110 valence electrons. The largest absolute Gasteiger partial charge is 0.459 e. The van der Waals surface area contributed by atoms with E-state index in [4.69, 9.17) is 4.42 Å². The first-order valence-electron chi connectivity index (χ1n) is 7.25. The molecule has 0 aliphatic rings. The van der Waals surface area contributed by atoms with E-state index < -0.39 is 0 Å². The third-order valence-corrected chi connectivity index (χ3v) is 4.20. The number of hydrogen-bond acceptors (Lipinski definition) is 3. The number of nitrogens with one attached hydrogen (secondary N) is 1. The topological polar surface area (TPSA) is 43.0 Å². The van der Waals surface area contributed by atoms with Crippen LogP contribution >= 0.6 is 0 Å². The minimum absolute atomic E-state index is 0.152. The molecule has 0 spiro atoms. The standard InChI is InChI=1S/C17H21N3O/c1-11-14(12(2)20(4)19-11)10-15(18-3)17-9-13-7-5-6-8-16(13)21-17/h5-9,15,18H,10H2,1-4H3. The van der Waals surface area contributed by atoms with Crippen LogP contribution in [0.5, 0.6) is 0 Å². The highest BCUT2D eigenvalue weighted by Crippen LogP contribution is 2.27. The van der Waals surface area contributed by atoms with E-state index >= 15 is 0 Å². The minimum atomic E-state index is 0.152. The Hall–Kier alpha value is -2.07. The van der Waals surface area contributed by atoms with Gasteiger partial charge < -0.3 is 9.73 Å². The second kappa shape index (κ2) is 5.37. The van der Waals surface area contributed by atoms with Crippen molar-refractivity contribution in [3.63, 3.8) is 0 Å². The van der Waals surface area contributed by atoms with Gasteiger partial charge in [0.2, 0.25) is 0 Å². The Labute approximate surface area is 124 Å². The monoisotopic (exact) mass is 283 g/mol. The number of para-hydroxylation sites is 1. The van der Waals surface area contributed by atoms with Crippen molar-refractivity contribution in [2.24, 2.45) is 7.05 Å². The fourth-order valence-corrected chi connectivity index (χ4v) is 2.84. The van der Waals surface area contributed by atoms with E-state index in [-0.39, 0.29) is 6.04 Å². The molecule has 0 radical (unpaired) electrons. The van der Waals surface area contributed by atoms with Crippen LogP contribution in [0.4, 0.5) is 0 Å². The Bertz CT molecular complexity index is 737. The van der Waals surface area contributed by atoms with Crippen LogP contribution < -0.4 is 5.32 Å². The van der Waals surface area contributed by atoms with Gasteiger partial charge in [-0.15, -0.1) is 0 Å². The zero-order chi connectivity index (χ0) is 15.0. The summed E-state index contributed by atoms with van der Waals surface area (Å²) in [5, 5.41) is 9.00. The highest BCUT2D eigenvalue weighted by Gasteiger charge is 2.19. The van der Waals surface area contributed by atoms with E-state index in [1.807, 2.05) is 37.0 Å². The lowest BCUT2D eigenvalue weighted by molar-refractivity contribution is 0.450. The van der Waals surface area contributed by atoms with Crippen LogP contribution in [0.3, 0.4) is 0 Å². The van der Waals surface area contributed by atoms with Crippen molar-refractivity contribution in [2.75, 3.05) is 7.05 Å². The summed E-state index contributed by atoms with van der Waals surface area (Å²) in [6, 6.07) is 10.4. The second-order valence-corrected chi connectivity index (χ2v) is 5.50. The highest BCUT2D eigenvalue weighted by atomic mass is 16.3. The van der Waals surface area contributed by atoms with Crippen LogP contribution in [-0.2, 0) is 13.5 Å². The summed E-state index contributed by atoms with van der Waals surface area (Å²) >= 11 is 0. The quantitative estimate of drug-likeness (QED) is 0.799. The number of aromatic nitrogens is 2. The molecule has 0 aliphatic heterocycles. The Kier molecular flexibility index (Phi) is 3.55. The molecule has 2 heterocycles. The molecule has 0 fully saturated rings. The van der Waals surface area contributed by atoms with E-state index in [1.54, 1.807) is 0 Å². The van der Waals surface area contributed by atoms with Crippen molar-refractivity contribution in [2.45, 2.75) is 26.3 Å². The summed E-state index contributed by atoms with van der Waals surface area (Å²) in [4.78, 5) is 0. The van der Waals surface area contributed by atoms with Gasteiger partial charge in [0.25, 0.3) is 0 Å². The normalized spacial score (nSPS) is 13.0. The molecule has 2 aromatic heterocycles. The lowest BCUT2D eigenvalue weighted by atomic mass is 10.0. The van der Waals surface area contributed by atoms with Gasteiger partial charge in [-0.2, -0.15) is 5.10 Å². The van der Waals surface area contributed by atoms with Gasteiger partial charge in [-0.05, 0) is 45.0 Å². The van der Waals surface area contributed by atoms with Gasteiger partial charge in [-0.1, -0.05) is 18.2 Å². The van der Waals surface area contributed by atoms with Crippen molar-refractivity contribution in [3.05, 3.63) is 53.0 Å². The molecule has 4 nitrogen and oxygen atoms in total. The number of likely N-dealkylation sites (N-methyl/N-ethyl adjacent to an activating group) is 1. The first-order chi connectivity index (χ1) is 10.1. The second-order valence-electron chi connectivity index (χ2n) is 5.50. The Morgan fingerprint density at radius 3 is 2.67 bits per heavy atom. The molecule has 3 aromatic rings. The predicted molar refractivity (Wildman–Crippen MR) is 84.4 cm³/mol. The molecular formula is C17H21N3O. The molecule has 1 N–H and O–H groups in total. The fraction of sp³-hybridized carbons (Fsp3) is 0.353. The number of hydrogen-bond donors (Lipinski definition) is 1. The zero-order valence-electron chi connectivity index (χ0n) is 13.0. The Morgan fingerprint density at radius 2 is 2.05 bits per heavy atom. The van der Waals surface area contributed by atoms with Crippen LogP contribution in [0.15, 0.2) is 34.7 Å². The lowest BCUT2D eigenvalue weighted by Crippen LogP contribution is -2.18. The number of aryl methyl sites for hydroxylation is 2. The molecule has 3 rings (SSSR count). The molecule has 1 aromatic carbocycles. The molecule has 0 saturated carbocycles. The molecule has 1 atom stereocenters. The summed E-state index contributed by atoms with van der Waals surface area (Å²) in [6.45, 7) is 4.17. The molecule has 0 aliphatic carbocycles. The highest BCUT2D eigenvalue weighted by molar-refractivity contribution is 5.77. The van der Waals surface area contributed by atoms with E-state index in [1.165, 1.54) is 11.3 Å². The van der Waals surface area contributed by atoms with E-state index in [0.717, 1.165) is 28.8 Å². The molecular weight excluding hydrogens is 262 g/mol. The van der Waals surface area contributed by atoms with Crippen molar-refractivity contribution >= 4 is 11.0 Å². The molecule has 21 heavy (non-hydrogen) atoms. The van der Waals surface area contributed by atoms with Gasteiger partial charge in [0.1, 0.15) is 11.3 Å². The SMILES string of the molecule is CNC(Cc1c(C)nn(C)c1C)c1cc2ccccc2o1. The molecule has 0 saturated heterocycles. The van der Waals surface area contributed by atoms with E-state index in [0.29, 0.717) is 0 Å². The predicted octanol–water partition coefficient (Wildman–Crippen LogP) is 3.29. The maximum Gasteiger partial charge on any atom is 0.134 e. The third kappa shape index (κ3) is 2.47. The summed E-state index contributed by atoms with van der Waals surface area (Å²) in [5.74, 6) is 0.973. The van der Waals surface area contributed by atoms with Crippen LogP contribution in [0, 0.1) is 13.8 Å². The van der Waals surface area contributed by atoms with Crippen molar-refractivity contribution < 1.29 is 4.42 Å². The van der Waals surface area contributed by atoms with Crippen molar-refractivity contribution in [1.82, 2.24) is 15.1 Å². The smallest absolute Gasteiger partial charge is 0.134 e. The number of benzene rings is 1. The first kappa shape index (κ1) is 13.9. The summed E-state index contributed by atoms with van der Waals surface area (Å²) in [7, 11) is 3.96. The molecule has 0 amide bonds. The van der Waals surface area contributed by atoms with Crippen LogP contribution in [0.25, 0.3) is 11.0 Å². The third-order valence-electron chi connectivity index (χ3n) is 4.20. The van der Waals surface area contributed by atoms with Gasteiger partial charge in [-0.3, -0.25) is 4.68 Å². The first-order valence-corrected chi connectivity index (χ1v) is 7.25. The lowest BCUT2D eigenvalue weighted by Gasteiger charge is -2.13. The van der Waals surface area contributed by atoms with Gasteiger partial charge >= 0.3 is 0 Å². The van der Waals surface area contributed by atoms with Gasteiger partial charge in [0.15, 0.2) is 0 Å². The number of furan rings is 1. The average molecular weight is 283 g/mol. The number of nitrogens with zero attached hydrogens (tertiary/aromatic N) is 2. The molecule has 1 unspecified atom stereocenters. The van der Waals surface area contributed by atoms with Crippen LogP contribution in [-0.4, -0.2) is 16.8 Å². The molecule has 4 heteroatoms. The summed E-state index contributed by atoms with van der Waals surface area (Å²) < 4.78 is 7.93. The Balaban J connectivity index is 1.94. The van der Waals surface area contributed by atoms with Gasteiger partial charge in [0, 0.05) is 18.1 Å². The maximum absolute atomic E-state index is 5.99. The number of rotatable bonds is 4. The summed E-state index contributed by atoms with van der Waals surface area (Å²) in [6.07, 6.45) is 0.877. The van der Waals surface area contributed by atoms with E-state index in [2.05, 4.69) is 36.4 Å². The van der Waals surface area contributed by atoms with Crippen molar-refractivity contribution in [3.8, 4) is 0 Å². The number of fused-ring (bicyclic) bond motifs is 1. The summed E-state index contributed by atoms with van der Waals surface area (Å²) in [5.41, 5.74) is 4.53. The van der Waals surface area contributed by atoms with Gasteiger partial charge in [0.05, 0.1) is 11.7 Å². The zero-order valence-corrected chi connectivity index (χ0v) is 13.0. The van der Waals surface area contributed by atoms with Crippen LogP contribution in [0.1, 0.15) is 28.8 Å². The minimum Gasteiger partial charge on any atom is -0.459 e. The van der Waals surface area contributed by atoms with Crippen LogP contribution in [0.2, 0.25) is 0 Å².